The standard InChI is InChI=1S/C29H38F3N7O2/c1-37-26(18-41-27-15-23(11-12-33-27)29(30,31)32)35-36-28(37)21-5-3-20(4-6-21)22-16-34-39(17-22)25-9-7-24(8-10-25)38-13-2-14-40-19-38/h11-12,15-17,20-21,24-25H,2-10,13-14,18-19H2,1H3/t20-,21-,24-,25-. The second kappa shape index (κ2) is 12.1. The Morgan fingerprint density at radius 1 is 1.00 bits per heavy atom. The maximum absolute atomic E-state index is 13.0. The molecular formula is C29H38F3N7O2. The molecule has 1 aliphatic heterocycles. The molecule has 9 nitrogen and oxygen atoms in total. The minimum Gasteiger partial charge on any atom is -0.469 e. The van der Waals surface area contributed by atoms with Gasteiger partial charge in [-0.15, -0.1) is 10.2 Å². The molecule has 0 unspecified atom stereocenters. The topological polar surface area (TPSA) is 83.1 Å². The van der Waals surface area contributed by atoms with Crippen LogP contribution in [0.2, 0.25) is 0 Å². The van der Waals surface area contributed by atoms with Gasteiger partial charge in [-0.1, -0.05) is 0 Å². The maximum Gasteiger partial charge on any atom is 0.416 e. The monoisotopic (exact) mass is 573 g/mol. The van der Waals surface area contributed by atoms with Crippen molar-refractivity contribution in [3.8, 4) is 5.88 Å². The fraction of sp³-hybridized carbons (Fsp3) is 0.655. The van der Waals surface area contributed by atoms with Crippen LogP contribution in [0.3, 0.4) is 0 Å². The SMILES string of the molecule is Cn1c(COc2cc(C(F)(F)F)ccn2)nnc1[C@H]1CC[C@H](c2cnn([C@H]3CC[C@H](N4CCCOC4)CC3)c2)CC1. The Labute approximate surface area is 238 Å². The molecule has 0 bridgehead atoms. The van der Waals surface area contributed by atoms with E-state index < -0.39 is 11.7 Å². The van der Waals surface area contributed by atoms with Crippen LogP contribution in [0.25, 0.3) is 0 Å². The molecule has 0 spiro atoms. The van der Waals surface area contributed by atoms with E-state index in [1.54, 1.807) is 0 Å². The second-order valence-electron chi connectivity index (χ2n) is 11.7. The number of pyridine rings is 1. The highest BCUT2D eigenvalue weighted by molar-refractivity contribution is 5.23. The van der Waals surface area contributed by atoms with E-state index in [0.29, 0.717) is 23.8 Å². The third-order valence-electron chi connectivity index (χ3n) is 9.14. The van der Waals surface area contributed by atoms with Crippen LogP contribution < -0.4 is 4.74 Å². The van der Waals surface area contributed by atoms with Crippen molar-refractivity contribution in [2.24, 2.45) is 7.05 Å². The van der Waals surface area contributed by atoms with E-state index in [4.69, 9.17) is 14.6 Å². The lowest BCUT2D eigenvalue weighted by molar-refractivity contribution is -0.137. The number of rotatable bonds is 7. The van der Waals surface area contributed by atoms with Gasteiger partial charge >= 0.3 is 6.18 Å². The van der Waals surface area contributed by atoms with Crippen molar-refractivity contribution in [2.45, 2.75) is 94.5 Å². The zero-order valence-electron chi connectivity index (χ0n) is 23.5. The van der Waals surface area contributed by atoms with Gasteiger partial charge < -0.3 is 14.0 Å². The summed E-state index contributed by atoms with van der Waals surface area (Å²) in [5.74, 6) is 2.14. The largest absolute Gasteiger partial charge is 0.469 e. The number of aromatic nitrogens is 6. The summed E-state index contributed by atoms with van der Waals surface area (Å²) in [7, 11) is 1.89. The molecule has 4 heterocycles. The van der Waals surface area contributed by atoms with Gasteiger partial charge in [-0.3, -0.25) is 9.58 Å². The summed E-state index contributed by atoms with van der Waals surface area (Å²) in [5.41, 5.74) is 0.537. The van der Waals surface area contributed by atoms with E-state index in [2.05, 4.69) is 37.2 Å². The van der Waals surface area contributed by atoms with Crippen LogP contribution in [-0.2, 0) is 24.6 Å². The molecule has 2 saturated carbocycles. The van der Waals surface area contributed by atoms with Crippen molar-refractivity contribution < 1.29 is 22.6 Å². The second-order valence-corrected chi connectivity index (χ2v) is 11.7. The summed E-state index contributed by atoms with van der Waals surface area (Å²) >= 11 is 0. The lowest BCUT2D eigenvalue weighted by Crippen LogP contribution is -2.43. The third kappa shape index (κ3) is 6.43. The number of halogens is 3. The normalized spacial score (nSPS) is 26.2. The van der Waals surface area contributed by atoms with Crippen LogP contribution in [0.4, 0.5) is 13.2 Å². The van der Waals surface area contributed by atoms with Gasteiger partial charge in [0, 0.05) is 50.6 Å². The highest BCUT2D eigenvalue weighted by Crippen LogP contribution is 2.41. The highest BCUT2D eigenvalue weighted by atomic mass is 19.4. The van der Waals surface area contributed by atoms with Gasteiger partial charge in [-0.2, -0.15) is 18.3 Å². The number of ether oxygens (including phenoxy) is 2. The Morgan fingerprint density at radius 3 is 2.49 bits per heavy atom. The Hall–Kier alpha value is -2.99. The van der Waals surface area contributed by atoms with Gasteiger partial charge in [0.2, 0.25) is 5.88 Å². The molecule has 0 N–H and O–H groups in total. The van der Waals surface area contributed by atoms with Gasteiger partial charge in [0.25, 0.3) is 0 Å². The first-order chi connectivity index (χ1) is 19.8. The van der Waals surface area contributed by atoms with Crippen molar-refractivity contribution in [3.63, 3.8) is 0 Å². The molecule has 222 valence electrons. The van der Waals surface area contributed by atoms with E-state index in [9.17, 15) is 13.2 Å². The summed E-state index contributed by atoms with van der Waals surface area (Å²) < 4.78 is 54.2. The molecule has 1 saturated heterocycles. The lowest BCUT2D eigenvalue weighted by Gasteiger charge is -2.38. The lowest BCUT2D eigenvalue weighted by atomic mass is 9.79. The Morgan fingerprint density at radius 2 is 1.76 bits per heavy atom. The smallest absolute Gasteiger partial charge is 0.416 e. The summed E-state index contributed by atoms with van der Waals surface area (Å²) in [6.07, 6.45) is 11.0. The summed E-state index contributed by atoms with van der Waals surface area (Å²) in [6, 6.07) is 2.94. The van der Waals surface area contributed by atoms with Crippen LogP contribution in [-0.4, -0.2) is 60.4 Å². The number of nitrogens with zero attached hydrogens (tertiary/aromatic N) is 7. The summed E-state index contributed by atoms with van der Waals surface area (Å²) in [4.78, 5) is 6.40. The van der Waals surface area contributed by atoms with E-state index in [-0.39, 0.29) is 18.4 Å². The molecule has 12 heteroatoms. The zero-order valence-corrected chi connectivity index (χ0v) is 23.5. The molecule has 3 aromatic heterocycles. The Bertz CT molecular complexity index is 1290. The fourth-order valence-corrected chi connectivity index (χ4v) is 6.70. The minimum absolute atomic E-state index is 0.0000621. The first-order valence-electron chi connectivity index (χ1n) is 14.7. The van der Waals surface area contributed by atoms with Crippen LogP contribution in [0, 0.1) is 0 Å². The Kier molecular flexibility index (Phi) is 8.30. The molecule has 0 aromatic carbocycles. The first-order valence-corrected chi connectivity index (χ1v) is 14.7. The molecular weight excluding hydrogens is 535 g/mol. The van der Waals surface area contributed by atoms with Crippen molar-refractivity contribution in [2.75, 3.05) is 19.9 Å². The average molecular weight is 574 g/mol. The van der Waals surface area contributed by atoms with Gasteiger partial charge in [0.15, 0.2) is 5.82 Å². The average Bonchev–Trinajstić information content (AvgIpc) is 3.64. The van der Waals surface area contributed by atoms with E-state index in [0.717, 1.165) is 89.0 Å². The number of hydrogen-bond donors (Lipinski definition) is 0. The Balaban J connectivity index is 0.995. The number of alkyl halides is 3. The van der Waals surface area contributed by atoms with Crippen LogP contribution >= 0.6 is 0 Å². The molecule has 2 aliphatic carbocycles. The molecule has 0 radical (unpaired) electrons. The highest BCUT2D eigenvalue weighted by Gasteiger charge is 2.32. The predicted molar refractivity (Wildman–Crippen MR) is 144 cm³/mol. The van der Waals surface area contributed by atoms with Crippen molar-refractivity contribution in [1.82, 2.24) is 34.4 Å². The van der Waals surface area contributed by atoms with Gasteiger partial charge in [-0.05, 0) is 75.3 Å². The molecule has 3 aromatic rings. The fourth-order valence-electron chi connectivity index (χ4n) is 6.70. The van der Waals surface area contributed by atoms with Gasteiger partial charge in [0.1, 0.15) is 12.4 Å². The molecule has 0 atom stereocenters. The van der Waals surface area contributed by atoms with Crippen LogP contribution in [0.5, 0.6) is 5.88 Å². The molecule has 41 heavy (non-hydrogen) atoms. The maximum atomic E-state index is 13.0. The van der Waals surface area contributed by atoms with E-state index >= 15 is 0 Å². The number of hydrogen-bond acceptors (Lipinski definition) is 7. The summed E-state index contributed by atoms with van der Waals surface area (Å²) in [5, 5.41) is 13.5. The third-order valence-corrected chi connectivity index (χ3v) is 9.14. The summed E-state index contributed by atoms with van der Waals surface area (Å²) in [6.45, 7) is 2.83. The van der Waals surface area contributed by atoms with E-state index in [1.165, 1.54) is 18.4 Å². The molecule has 6 rings (SSSR count). The van der Waals surface area contributed by atoms with E-state index in [1.807, 2.05) is 11.6 Å². The quantitative estimate of drug-likeness (QED) is 0.363. The molecule has 3 aliphatic rings. The van der Waals surface area contributed by atoms with Gasteiger partial charge in [-0.25, -0.2) is 4.98 Å². The first kappa shape index (κ1) is 28.1. The predicted octanol–water partition coefficient (Wildman–Crippen LogP) is 5.61. The zero-order chi connectivity index (χ0) is 28.4. The van der Waals surface area contributed by atoms with Crippen molar-refractivity contribution >= 4 is 0 Å². The van der Waals surface area contributed by atoms with Crippen LogP contribution in [0.15, 0.2) is 30.7 Å². The van der Waals surface area contributed by atoms with Crippen molar-refractivity contribution in [1.29, 1.82) is 0 Å². The van der Waals surface area contributed by atoms with Crippen molar-refractivity contribution in [3.05, 3.63) is 53.5 Å². The van der Waals surface area contributed by atoms with Crippen LogP contribution in [0.1, 0.15) is 98.4 Å². The molecule has 0 amide bonds. The minimum atomic E-state index is -4.45. The van der Waals surface area contributed by atoms with Gasteiger partial charge in [0.05, 0.1) is 24.5 Å². The molecule has 3 fully saturated rings.